The van der Waals surface area contributed by atoms with Crippen LogP contribution in [0, 0.1) is 0 Å². The highest BCUT2D eigenvalue weighted by Gasteiger charge is 2.35. The zero-order chi connectivity index (χ0) is 21.6. The standard InChI is InChI=1S/C22H31N3O4/c1-6-7-8-12-18(26)23-17-11-9-10-16(13-17)20-19(21(27)29-14(2)3)15(4)25(5)22(28)24-20/h9-11,13-14,20H,6-8,12H2,1-5H3,(H,23,26)(H,24,28). The van der Waals surface area contributed by atoms with Gasteiger partial charge in [-0.1, -0.05) is 31.9 Å². The van der Waals surface area contributed by atoms with Crippen molar-refractivity contribution >= 4 is 23.6 Å². The van der Waals surface area contributed by atoms with Gasteiger partial charge < -0.3 is 20.3 Å². The lowest BCUT2D eigenvalue weighted by Crippen LogP contribution is -2.46. The van der Waals surface area contributed by atoms with Crippen molar-refractivity contribution in [3.63, 3.8) is 0 Å². The molecule has 1 aromatic carbocycles. The molecular weight excluding hydrogens is 370 g/mol. The molecular formula is C22H31N3O4. The van der Waals surface area contributed by atoms with E-state index in [4.69, 9.17) is 4.74 Å². The number of nitrogens with one attached hydrogen (secondary N) is 2. The predicted octanol–water partition coefficient (Wildman–Crippen LogP) is 4.13. The van der Waals surface area contributed by atoms with Crippen molar-refractivity contribution in [2.24, 2.45) is 0 Å². The van der Waals surface area contributed by atoms with Gasteiger partial charge in [0.2, 0.25) is 5.91 Å². The molecule has 3 amide bonds. The molecule has 0 aliphatic carbocycles. The van der Waals surface area contributed by atoms with Crippen LogP contribution in [0.15, 0.2) is 35.5 Å². The van der Waals surface area contributed by atoms with Gasteiger partial charge >= 0.3 is 12.0 Å². The van der Waals surface area contributed by atoms with Crippen LogP contribution in [0.2, 0.25) is 0 Å². The zero-order valence-corrected chi connectivity index (χ0v) is 17.9. The van der Waals surface area contributed by atoms with Gasteiger partial charge in [-0.3, -0.25) is 4.79 Å². The summed E-state index contributed by atoms with van der Waals surface area (Å²) in [5, 5.41) is 5.75. The Hall–Kier alpha value is -2.83. The van der Waals surface area contributed by atoms with Crippen LogP contribution in [0.1, 0.15) is 65.0 Å². The van der Waals surface area contributed by atoms with Gasteiger partial charge in [0.05, 0.1) is 17.7 Å². The van der Waals surface area contributed by atoms with Gasteiger partial charge in [-0.05, 0) is 44.9 Å². The number of ether oxygens (including phenoxy) is 1. The van der Waals surface area contributed by atoms with E-state index in [-0.39, 0.29) is 18.0 Å². The Balaban J connectivity index is 2.29. The van der Waals surface area contributed by atoms with Crippen molar-refractivity contribution in [1.82, 2.24) is 10.2 Å². The Morgan fingerprint density at radius 2 is 2.00 bits per heavy atom. The molecule has 1 atom stereocenters. The summed E-state index contributed by atoms with van der Waals surface area (Å²) in [6, 6.07) is 6.23. The van der Waals surface area contributed by atoms with Crippen molar-refractivity contribution in [2.45, 2.75) is 65.5 Å². The molecule has 2 rings (SSSR count). The third-order valence-electron chi connectivity index (χ3n) is 4.83. The zero-order valence-electron chi connectivity index (χ0n) is 17.9. The van der Waals surface area contributed by atoms with Crippen molar-refractivity contribution in [3.05, 3.63) is 41.1 Å². The first-order chi connectivity index (χ1) is 13.7. The number of carbonyl (C=O) groups excluding carboxylic acids is 3. The smallest absolute Gasteiger partial charge is 0.338 e. The molecule has 0 saturated heterocycles. The predicted molar refractivity (Wildman–Crippen MR) is 112 cm³/mol. The van der Waals surface area contributed by atoms with Crippen LogP contribution in [0.4, 0.5) is 10.5 Å². The fourth-order valence-electron chi connectivity index (χ4n) is 3.18. The average Bonchev–Trinajstić information content (AvgIpc) is 2.65. The minimum absolute atomic E-state index is 0.0471. The van der Waals surface area contributed by atoms with Crippen molar-refractivity contribution in [3.8, 4) is 0 Å². The second-order valence-electron chi connectivity index (χ2n) is 7.53. The Kier molecular flexibility index (Phi) is 7.82. The number of benzene rings is 1. The number of esters is 1. The topological polar surface area (TPSA) is 87.7 Å². The molecule has 0 spiro atoms. The minimum Gasteiger partial charge on any atom is -0.459 e. The fraction of sp³-hybridized carbons (Fsp3) is 0.500. The van der Waals surface area contributed by atoms with Crippen LogP contribution in [0.25, 0.3) is 0 Å². The molecule has 1 unspecified atom stereocenters. The summed E-state index contributed by atoms with van der Waals surface area (Å²) in [7, 11) is 1.61. The maximum Gasteiger partial charge on any atom is 0.338 e. The number of hydrogen-bond acceptors (Lipinski definition) is 4. The van der Waals surface area contributed by atoms with E-state index in [2.05, 4.69) is 17.6 Å². The number of amides is 3. The van der Waals surface area contributed by atoms with Gasteiger partial charge in [0.1, 0.15) is 0 Å². The van der Waals surface area contributed by atoms with Crippen LogP contribution in [0.3, 0.4) is 0 Å². The van der Waals surface area contributed by atoms with Crippen LogP contribution >= 0.6 is 0 Å². The first-order valence-corrected chi connectivity index (χ1v) is 10.1. The van der Waals surface area contributed by atoms with E-state index >= 15 is 0 Å². The third kappa shape index (κ3) is 5.82. The number of anilines is 1. The van der Waals surface area contributed by atoms with Gasteiger partial charge in [-0.25, -0.2) is 9.59 Å². The van der Waals surface area contributed by atoms with E-state index in [1.54, 1.807) is 46.0 Å². The second-order valence-corrected chi connectivity index (χ2v) is 7.53. The third-order valence-corrected chi connectivity index (χ3v) is 4.83. The number of urea groups is 1. The molecule has 0 aromatic heterocycles. The lowest BCUT2D eigenvalue weighted by atomic mass is 9.94. The van der Waals surface area contributed by atoms with Gasteiger partial charge in [-0.2, -0.15) is 0 Å². The lowest BCUT2D eigenvalue weighted by Gasteiger charge is -2.33. The molecule has 0 radical (unpaired) electrons. The molecule has 2 N–H and O–H groups in total. The van der Waals surface area contributed by atoms with Crippen molar-refractivity contribution in [2.75, 3.05) is 12.4 Å². The highest BCUT2D eigenvalue weighted by Crippen LogP contribution is 2.32. The average molecular weight is 402 g/mol. The van der Waals surface area contributed by atoms with Gasteiger partial charge in [-0.15, -0.1) is 0 Å². The summed E-state index contributed by atoms with van der Waals surface area (Å²) in [5.74, 6) is -0.516. The summed E-state index contributed by atoms with van der Waals surface area (Å²) < 4.78 is 5.40. The van der Waals surface area contributed by atoms with E-state index < -0.39 is 12.0 Å². The maximum absolute atomic E-state index is 12.7. The Morgan fingerprint density at radius 3 is 2.66 bits per heavy atom. The molecule has 7 heteroatoms. The highest BCUT2D eigenvalue weighted by molar-refractivity contribution is 5.95. The highest BCUT2D eigenvalue weighted by atomic mass is 16.5. The molecule has 29 heavy (non-hydrogen) atoms. The SMILES string of the molecule is CCCCCC(=O)Nc1cccc(C2NC(=O)N(C)C(C)=C2C(=O)OC(C)C)c1. The summed E-state index contributed by atoms with van der Waals surface area (Å²) in [5.41, 5.74) is 2.25. The first-order valence-electron chi connectivity index (χ1n) is 10.1. The molecule has 0 fully saturated rings. The first kappa shape index (κ1) is 22.5. The molecule has 1 heterocycles. The number of carbonyl (C=O) groups is 3. The molecule has 1 aliphatic heterocycles. The number of rotatable bonds is 8. The molecule has 0 saturated carbocycles. The van der Waals surface area contributed by atoms with Crippen molar-refractivity contribution in [1.29, 1.82) is 0 Å². The Bertz CT molecular complexity index is 801. The van der Waals surface area contributed by atoms with E-state index in [0.29, 0.717) is 28.9 Å². The number of allylic oxidation sites excluding steroid dienone is 1. The fourth-order valence-corrected chi connectivity index (χ4v) is 3.18. The van der Waals surface area contributed by atoms with E-state index in [1.807, 2.05) is 6.07 Å². The summed E-state index contributed by atoms with van der Waals surface area (Å²) in [6.45, 7) is 7.38. The summed E-state index contributed by atoms with van der Waals surface area (Å²) in [4.78, 5) is 38.6. The van der Waals surface area contributed by atoms with Crippen LogP contribution < -0.4 is 10.6 Å². The maximum atomic E-state index is 12.7. The lowest BCUT2D eigenvalue weighted by molar-refractivity contribution is -0.143. The molecule has 1 aromatic rings. The van der Waals surface area contributed by atoms with Crippen LogP contribution in [0.5, 0.6) is 0 Å². The number of nitrogens with zero attached hydrogens (tertiary/aromatic N) is 1. The molecule has 0 bridgehead atoms. The van der Waals surface area contributed by atoms with Gasteiger partial charge in [0.15, 0.2) is 0 Å². The van der Waals surface area contributed by atoms with Crippen LogP contribution in [-0.2, 0) is 14.3 Å². The van der Waals surface area contributed by atoms with Crippen molar-refractivity contribution < 1.29 is 19.1 Å². The molecule has 1 aliphatic rings. The number of hydrogen-bond donors (Lipinski definition) is 2. The number of unbranched alkanes of at least 4 members (excludes halogenated alkanes) is 2. The second kappa shape index (κ2) is 10.1. The molecule has 7 nitrogen and oxygen atoms in total. The van der Waals surface area contributed by atoms with Gasteiger partial charge in [0.25, 0.3) is 0 Å². The van der Waals surface area contributed by atoms with E-state index in [0.717, 1.165) is 19.3 Å². The van der Waals surface area contributed by atoms with Gasteiger partial charge in [0, 0.05) is 24.9 Å². The quantitative estimate of drug-likeness (QED) is 0.506. The van der Waals surface area contributed by atoms with E-state index in [9.17, 15) is 14.4 Å². The summed E-state index contributed by atoms with van der Waals surface area (Å²) in [6.07, 6.45) is 3.11. The molecule has 158 valence electrons. The Labute approximate surface area is 172 Å². The summed E-state index contributed by atoms with van der Waals surface area (Å²) >= 11 is 0. The normalized spacial score (nSPS) is 16.7. The largest absolute Gasteiger partial charge is 0.459 e. The monoisotopic (exact) mass is 401 g/mol. The van der Waals surface area contributed by atoms with Crippen LogP contribution in [-0.4, -0.2) is 36.0 Å². The Morgan fingerprint density at radius 1 is 1.28 bits per heavy atom. The van der Waals surface area contributed by atoms with E-state index in [1.165, 1.54) is 4.90 Å². The minimum atomic E-state index is -0.651.